The summed E-state index contributed by atoms with van der Waals surface area (Å²) in [4.78, 5) is 4.37. The number of rotatable bonds is 7. The SMILES string of the molecule is C=C(C)CCC(NCCC)c1cscn1. The van der Waals surface area contributed by atoms with Gasteiger partial charge in [-0.2, -0.15) is 0 Å². The molecule has 1 aromatic rings. The molecule has 0 aliphatic carbocycles. The molecule has 84 valence electrons. The van der Waals surface area contributed by atoms with Crippen molar-refractivity contribution in [3.8, 4) is 0 Å². The monoisotopic (exact) mass is 224 g/mol. The maximum atomic E-state index is 4.37. The molecule has 0 aromatic carbocycles. The van der Waals surface area contributed by atoms with Gasteiger partial charge in [-0.05, 0) is 32.7 Å². The zero-order valence-corrected chi connectivity index (χ0v) is 10.4. The van der Waals surface area contributed by atoms with Crippen molar-refractivity contribution in [1.82, 2.24) is 10.3 Å². The van der Waals surface area contributed by atoms with Gasteiger partial charge in [-0.25, -0.2) is 4.98 Å². The highest BCUT2D eigenvalue weighted by Gasteiger charge is 2.11. The van der Waals surface area contributed by atoms with E-state index in [0.717, 1.165) is 25.8 Å². The molecule has 2 nitrogen and oxygen atoms in total. The lowest BCUT2D eigenvalue weighted by Gasteiger charge is -2.16. The van der Waals surface area contributed by atoms with Gasteiger partial charge in [0, 0.05) is 5.38 Å². The van der Waals surface area contributed by atoms with Crippen LogP contribution in [0, 0.1) is 0 Å². The van der Waals surface area contributed by atoms with E-state index in [1.54, 1.807) is 11.3 Å². The van der Waals surface area contributed by atoms with Crippen LogP contribution < -0.4 is 5.32 Å². The minimum absolute atomic E-state index is 0.396. The van der Waals surface area contributed by atoms with Crippen molar-refractivity contribution < 1.29 is 0 Å². The highest BCUT2D eigenvalue weighted by molar-refractivity contribution is 7.07. The van der Waals surface area contributed by atoms with Crippen molar-refractivity contribution in [2.75, 3.05) is 6.54 Å². The van der Waals surface area contributed by atoms with Crippen LogP contribution in [0.1, 0.15) is 44.8 Å². The summed E-state index contributed by atoms with van der Waals surface area (Å²) in [6, 6.07) is 0.396. The van der Waals surface area contributed by atoms with Gasteiger partial charge in [0.2, 0.25) is 0 Å². The van der Waals surface area contributed by atoms with Gasteiger partial charge in [0.25, 0.3) is 0 Å². The first-order valence-corrected chi connectivity index (χ1v) is 6.44. The maximum Gasteiger partial charge on any atom is 0.0795 e. The molecule has 1 rings (SSSR count). The van der Waals surface area contributed by atoms with Gasteiger partial charge in [0.05, 0.1) is 17.2 Å². The maximum absolute atomic E-state index is 4.37. The fourth-order valence-electron chi connectivity index (χ4n) is 1.46. The Balaban J connectivity index is 2.49. The standard InChI is InChI=1S/C12H20N2S/c1-4-7-13-11(6-5-10(2)3)12-8-15-9-14-12/h8-9,11,13H,2,4-7H2,1,3H3. The summed E-state index contributed by atoms with van der Waals surface area (Å²) in [7, 11) is 0. The van der Waals surface area contributed by atoms with E-state index in [1.165, 1.54) is 11.3 Å². The summed E-state index contributed by atoms with van der Waals surface area (Å²) in [5.41, 5.74) is 4.32. The second-order valence-electron chi connectivity index (χ2n) is 3.92. The minimum Gasteiger partial charge on any atom is -0.309 e. The Morgan fingerprint density at radius 2 is 2.47 bits per heavy atom. The first-order valence-electron chi connectivity index (χ1n) is 5.50. The van der Waals surface area contributed by atoms with Gasteiger partial charge in [-0.3, -0.25) is 0 Å². The number of hydrogen-bond donors (Lipinski definition) is 1. The van der Waals surface area contributed by atoms with Crippen LogP contribution in [0.15, 0.2) is 23.0 Å². The van der Waals surface area contributed by atoms with Gasteiger partial charge >= 0.3 is 0 Å². The Labute approximate surface area is 96.4 Å². The molecule has 0 spiro atoms. The first kappa shape index (κ1) is 12.4. The molecule has 0 fully saturated rings. The molecule has 0 aliphatic heterocycles. The third-order valence-electron chi connectivity index (χ3n) is 2.31. The van der Waals surface area contributed by atoms with E-state index in [0.29, 0.717) is 6.04 Å². The largest absolute Gasteiger partial charge is 0.309 e. The van der Waals surface area contributed by atoms with Crippen molar-refractivity contribution in [2.24, 2.45) is 0 Å². The zero-order chi connectivity index (χ0) is 11.1. The summed E-state index contributed by atoms with van der Waals surface area (Å²) >= 11 is 1.66. The fourth-order valence-corrected chi connectivity index (χ4v) is 2.07. The Morgan fingerprint density at radius 1 is 1.67 bits per heavy atom. The van der Waals surface area contributed by atoms with Crippen molar-refractivity contribution in [2.45, 2.75) is 39.2 Å². The van der Waals surface area contributed by atoms with Crippen LogP contribution in [0.4, 0.5) is 0 Å². The summed E-state index contributed by atoms with van der Waals surface area (Å²) in [5.74, 6) is 0. The average Bonchev–Trinajstić information content (AvgIpc) is 2.71. The van der Waals surface area contributed by atoms with Crippen LogP contribution in [0.5, 0.6) is 0 Å². The molecule has 1 heterocycles. The van der Waals surface area contributed by atoms with Gasteiger partial charge in [-0.15, -0.1) is 17.9 Å². The lowest BCUT2D eigenvalue weighted by Crippen LogP contribution is -2.22. The van der Waals surface area contributed by atoms with Crippen LogP contribution >= 0.6 is 11.3 Å². The van der Waals surface area contributed by atoms with E-state index in [4.69, 9.17) is 0 Å². The fraction of sp³-hybridized carbons (Fsp3) is 0.583. The molecule has 0 saturated carbocycles. The molecule has 0 aliphatic rings. The molecular formula is C12H20N2S. The second kappa shape index (κ2) is 6.75. The normalized spacial score (nSPS) is 12.7. The van der Waals surface area contributed by atoms with Crippen LogP contribution in [0.25, 0.3) is 0 Å². The highest BCUT2D eigenvalue weighted by Crippen LogP contribution is 2.20. The van der Waals surface area contributed by atoms with Crippen LogP contribution in [0.3, 0.4) is 0 Å². The minimum atomic E-state index is 0.396. The van der Waals surface area contributed by atoms with Crippen LogP contribution in [-0.4, -0.2) is 11.5 Å². The van der Waals surface area contributed by atoms with Gasteiger partial charge in [0.1, 0.15) is 0 Å². The van der Waals surface area contributed by atoms with E-state index in [-0.39, 0.29) is 0 Å². The predicted octanol–water partition coefficient (Wildman–Crippen LogP) is 3.54. The predicted molar refractivity (Wildman–Crippen MR) is 67.2 cm³/mol. The molecule has 1 atom stereocenters. The molecule has 0 saturated heterocycles. The van der Waals surface area contributed by atoms with Gasteiger partial charge in [0.15, 0.2) is 0 Å². The third-order valence-corrected chi connectivity index (χ3v) is 2.91. The molecule has 1 N–H and O–H groups in total. The molecule has 1 unspecified atom stereocenters. The number of thiazole rings is 1. The van der Waals surface area contributed by atoms with Gasteiger partial charge < -0.3 is 5.32 Å². The van der Waals surface area contributed by atoms with E-state index < -0.39 is 0 Å². The Morgan fingerprint density at radius 3 is 3.00 bits per heavy atom. The van der Waals surface area contributed by atoms with Crippen molar-refractivity contribution in [3.05, 3.63) is 28.7 Å². The van der Waals surface area contributed by atoms with E-state index in [1.807, 2.05) is 5.51 Å². The Bertz CT molecular complexity index is 280. The lowest BCUT2D eigenvalue weighted by molar-refractivity contribution is 0.490. The lowest BCUT2D eigenvalue weighted by atomic mass is 10.1. The van der Waals surface area contributed by atoms with Crippen LogP contribution in [0.2, 0.25) is 0 Å². The summed E-state index contributed by atoms with van der Waals surface area (Å²) in [6.45, 7) is 9.26. The molecular weight excluding hydrogens is 204 g/mol. The van der Waals surface area contributed by atoms with Crippen molar-refractivity contribution in [3.63, 3.8) is 0 Å². The molecule has 0 bridgehead atoms. The van der Waals surface area contributed by atoms with E-state index in [9.17, 15) is 0 Å². The van der Waals surface area contributed by atoms with Crippen LogP contribution in [-0.2, 0) is 0 Å². The van der Waals surface area contributed by atoms with Gasteiger partial charge in [-0.1, -0.05) is 12.5 Å². The number of allylic oxidation sites excluding steroid dienone is 1. The number of hydrogen-bond acceptors (Lipinski definition) is 3. The molecule has 0 amide bonds. The first-order chi connectivity index (χ1) is 7.24. The number of aromatic nitrogens is 1. The Kier molecular flexibility index (Phi) is 5.58. The molecule has 0 radical (unpaired) electrons. The Hall–Kier alpha value is -0.670. The average molecular weight is 224 g/mol. The second-order valence-corrected chi connectivity index (χ2v) is 4.63. The number of nitrogens with zero attached hydrogens (tertiary/aromatic N) is 1. The summed E-state index contributed by atoms with van der Waals surface area (Å²) in [5, 5.41) is 5.66. The summed E-state index contributed by atoms with van der Waals surface area (Å²) < 4.78 is 0. The zero-order valence-electron chi connectivity index (χ0n) is 9.62. The molecule has 15 heavy (non-hydrogen) atoms. The van der Waals surface area contributed by atoms with Crippen molar-refractivity contribution in [1.29, 1.82) is 0 Å². The molecule has 3 heteroatoms. The quantitative estimate of drug-likeness (QED) is 0.717. The topological polar surface area (TPSA) is 24.9 Å². The van der Waals surface area contributed by atoms with Crippen molar-refractivity contribution >= 4 is 11.3 Å². The summed E-state index contributed by atoms with van der Waals surface area (Å²) in [6.07, 6.45) is 3.33. The van der Waals surface area contributed by atoms with E-state index >= 15 is 0 Å². The smallest absolute Gasteiger partial charge is 0.0795 e. The number of nitrogens with one attached hydrogen (secondary N) is 1. The highest BCUT2D eigenvalue weighted by atomic mass is 32.1. The third kappa shape index (κ3) is 4.58. The van der Waals surface area contributed by atoms with E-state index in [2.05, 4.69) is 36.1 Å². The molecule has 1 aromatic heterocycles.